The SMILES string of the molecule is c1ccc2[nH]c(-c3ccn4ccccc34)cc2c1. The van der Waals surface area contributed by atoms with E-state index in [2.05, 4.69) is 70.3 Å². The Balaban J connectivity index is 2.01. The molecule has 0 saturated heterocycles. The zero-order valence-corrected chi connectivity index (χ0v) is 9.80. The van der Waals surface area contributed by atoms with Crippen LogP contribution in [0, 0.1) is 0 Å². The van der Waals surface area contributed by atoms with Crippen LogP contribution < -0.4 is 0 Å². The van der Waals surface area contributed by atoms with Gasteiger partial charge in [0.1, 0.15) is 0 Å². The number of hydrogen-bond acceptors (Lipinski definition) is 0. The second kappa shape index (κ2) is 3.50. The molecule has 3 heterocycles. The van der Waals surface area contributed by atoms with E-state index >= 15 is 0 Å². The second-order valence-electron chi connectivity index (χ2n) is 4.49. The average Bonchev–Trinajstić information content (AvgIpc) is 3.02. The Morgan fingerprint density at radius 1 is 0.833 bits per heavy atom. The van der Waals surface area contributed by atoms with Crippen molar-refractivity contribution in [2.75, 3.05) is 0 Å². The van der Waals surface area contributed by atoms with E-state index in [1.165, 1.54) is 27.7 Å². The summed E-state index contributed by atoms with van der Waals surface area (Å²) in [5.74, 6) is 0. The molecule has 0 fully saturated rings. The van der Waals surface area contributed by atoms with Gasteiger partial charge in [0.2, 0.25) is 0 Å². The molecule has 1 N–H and O–H groups in total. The lowest BCUT2D eigenvalue weighted by Gasteiger charge is -1.97. The predicted molar refractivity (Wildman–Crippen MR) is 74.7 cm³/mol. The van der Waals surface area contributed by atoms with Gasteiger partial charge < -0.3 is 9.38 Å². The number of rotatable bonds is 1. The van der Waals surface area contributed by atoms with Gasteiger partial charge in [-0.25, -0.2) is 0 Å². The van der Waals surface area contributed by atoms with Crippen LogP contribution in [0.15, 0.2) is 67.0 Å². The van der Waals surface area contributed by atoms with E-state index < -0.39 is 0 Å². The minimum absolute atomic E-state index is 1.17. The molecule has 0 atom stereocenters. The number of nitrogens with zero attached hydrogens (tertiary/aromatic N) is 1. The first-order valence-electron chi connectivity index (χ1n) is 6.06. The molecule has 86 valence electrons. The number of para-hydroxylation sites is 1. The Labute approximate surface area is 104 Å². The van der Waals surface area contributed by atoms with Gasteiger partial charge in [0.05, 0.1) is 5.52 Å². The minimum atomic E-state index is 1.17. The zero-order valence-electron chi connectivity index (χ0n) is 9.80. The monoisotopic (exact) mass is 232 g/mol. The Morgan fingerprint density at radius 2 is 1.72 bits per heavy atom. The van der Waals surface area contributed by atoms with Crippen LogP contribution in [0.4, 0.5) is 0 Å². The van der Waals surface area contributed by atoms with Crippen molar-refractivity contribution in [3.8, 4) is 11.3 Å². The van der Waals surface area contributed by atoms with Crippen LogP contribution in [0.3, 0.4) is 0 Å². The van der Waals surface area contributed by atoms with Crippen LogP contribution in [0.1, 0.15) is 0 Å². The summed E-state index contributed by atoms with van der Waals surface area (Å²) in [6.45, 7) is 0. The van der Waals surface area contributed by atoms with Crippen LogP contribution in [-0.2, 0) is 0 Å². The molecule has 2 nitrogen and oxygen atoms in total. The number of H-pyrrole nitrogens is 1. The van der Waals surface area contributed by atoms with Crippen LogP contribution in [0.2, 0.25) is 0 Å². The third-order valence-corrected chi connectivity index (χ3v) is 3.39. The molecule has 0 amide bonds. The fourth-order valence-electron chi connectivity index (χ4n) is 2.50. The molecule has 1 aromatic carbocycles. The van der Waals surface area contributed by atoms with Crippen molar-refractivity contribution in [2.45, 2.75) is 0 Å². The minimum Gasteiger partial charge on any atom is -0.354 e. The molecule has 0 unspecified atom stereocenters. The predicted octanol–water partition coefficient (Wildman–Crippen LogP) is 4.09. The first-order valence-corrected chi connectivity index (χ1v) is 6.06. The maximum absolute atomic E-state index is 3.48. The first-order chi connectivity index (χ1) is 8.92. The maximum atomic E-state index is 3.48. The molecular formula is C16H12N2. The number of aromatic nitrogens is 2. The van der Waals surface area contributed by atoms with Gasteiger partial charge in [0.25, 0.3) is 0 Å². The Morgan fingerprint density at radius 3 is 2.67 bits per heavy atom. The van der Waals surface area contributed by atoms with Gasteiger partial charge in [-0.15, -0.1) is 0 Å². The molecule has 0 aliphatic carbocycles. The summed E-state index contributed by atoms with van der Waals surface area (Å²) < 4.78 is 2.14. The quantitative estimate of drug-likeness (QED) is 0.510. The van der Waals surface area contributed by atoms with E-state index in [0.717, 1.165) is 0 Å². The van der Waals surface area contributed by atoms with Crippen LogP contribution in [0.25, 0.3) is 27.7 Å². The van der Waals surface area contributed by atoms with E-state index in [1.54, 1.807) is 0 Å². The van der Waals surface area contributed by atoms with E-state index in [-0.39, 0.29) is 0 Å². The first kappa shape index (κ1) is 9.54. The molecule has 0 radical (unpaired) electrons. The van der Waals surface area contributed by atoms with Gasteiger partial charge in [0, 0.05) is 34.6 Å². The molecule has 0 aliphatic heterocycles. The van der Waals surface area contributed by atoms with E-state index in [1.807, 2.05) is 6.07 Å². The van der Waals surface area contributed by atoms with Crippen molar-refractivity contribution in [3.05, 3.63) is 67.0 Å². The normalized spacial score (nSPS) is 11.3. The molecule has 3 aromatic heterocycles. The third-order valence-electron chi connectivity index (χ3n) is 3.39. The van der Waals surface area contributed by atoms with Crippen molar-refractivity contribution in [3.63, 3.8) is 0 Å². The third kappa shape index (κ3) is 1.29. The summed E-state index contributed by atoms with van der Waals surface area (Å²) in [6, 6.07) is 19.0. The average molecular weight is 232 g/mol. The molecule has 4 rings (SSSR count). The number of benzene rings is 1. The molecule has 0 saturated carbocycles. The van der Waals surface area contributed by atoms with E-state index in [9.17, 15) is 0 Å². The Hall–Kier alpha value is -2.48. The van der Waals surface area contributed by atoms with Gasteiger partial charge >= 0.3 is 0 Å². The molecule has 0 aliphatic rings. The zero-order chi connectivity index (χ0) is 11.9. The summed E-state index contributed by atoms with van der Waals surface area (Å²) in [5.41, 5.74) is 4.82. The molecule has 4 aromatic rings. The van der Waals surface area contributed by atoms with Crippen molar-refractivity contribution in [1.82, 2.24) is 9.38 Å². The molecule has 0 spiro atoms. The number of nitrogens with one attached hydrogen (secondary N) is 1. The van der Waals surface area contributed by atoms with Gasteiger partial charge in [-0.3, -0.25) is 0 Å². The second-order valence-corrected chi connectivity index (χ2v) is 4.49. The standard InChI is InChI=1S/C16H12N2/c1-2-6-14-12(5-1)11-15(17-14)13-8-10-18-9-4-3-7-16(13)18/h1-11,17H. The number of fused-ring (bicyclic) bond motifs is 2. The summed E-state index contributed by atoms with van der Waals surface area (Å²) in [7, 11) is 0. The van der Waals surface area contributed by atoms with Gasteiger partial charge in [-0.1, -0.05) is 24.3 Å². The fourth-order valence-corrected chi connectivity index (χ4v) is 2.50. The largest absolute Gasteiger partial charge is 0.354 e. The van der Waals surface area contributed by atoms with Crippen molar-refractivity contribution in [2.24, 2.45) is 0 Å². The van der Waals surface area contributed by atoms with Gasteiger partial charge in [-0.2, -0.15) is 0 Å². The highest BCUT2D eigenvalue weighted by atomic mass is 14.9. The van der Waals surface area contributed by atoms with E-state index in [0.29, 0.717) is 0 Å². The number of pyridine rings is 1. The van der Waals surface area contributed by atoms with Crippen LogP contribution >= 0.6 is 0 Å². The molecule has 18 heavy (non-hydrogen) atoms. The summed E-state index contributed by atoms with van der Waals surface area (Å²) >= 11 is 0. The summed E-state index contributed by atoms with van der Waals surface area (Å²) in [4.78, 5) is 3.48. The lowest BCUT2D eigenvalue weighted by molar-refractivity contribution is 1.20. The molecule has 0 bridgehead atoms. The highest BCUT2D eigenvalue weighted by molar-refractivity contribution is 5.89. The smallest absolute Gasteiger partial charge is 0.0543 e. The maximum Gasteiger partial charge on any atom is 0.0543 e. The lowest BCUT2D eigenvalue weighted by atomic mass is 10.2. The van der Waals surface area contributed by atoms with Crippen molar-refractivity contribution < 1.29 is 0 Å². The molecule has 2 heteroatoms. The lowest BCUT2D eigenvalue weighted by Crippen LogP contribution is -1.80. The highest BCUT2D eigenvalue weighted by Crippen LogP contribution is 2.28. The molecular weight excluding hydrogens is 220 g/mol. The number of aromatic amines is 1. The summed E-state index contributed by atoms with van der Waals surface area (Å²) in [5, 5.41) is 1.25. The fraction of sp³-hybridized carbons (Fsp3) is 0. The van der Waals surface area contributed by atoms with Crippen molar-refractivity contribution >= 4 is 16.4 Å². The topological polar surface area (TPSA) is 20.2 Å². The van der Waals surface area contributed by atoms with E-state index in [4.69, 9.17) is 0 Å². The Kier molecular flexibility index (Phi) is 1.86. The summed E-state index contributed by atoms with van der Waals surface area (Å²) in [6.07, 6.45) is 4.16. The Bertz CT molecular complexity index is 803. The van der Waals surface area contributed by atoms with Crippen LogP contribution in [0.5, 0.6) is 0 Å². The highest BCUT2D eigenvalue weighted by Gasteiger charge is 2.07. The van der Waals surface area contributed by atoms with Crippen LogP contribution in [-0.4, -0.2) is 9.38 Å². The number of hydrogen-bond donors (Lipinski definition) is 1. The van der Waals surface area contributed by atoms with Gasteiger partial charge in [-0.05, 0) is 30.3 Å². The van der Waals surface area contributed by atoms with Crippen molar-refractivity contribution in [1.29, 1.82) is 0 Å². The van der Waals surface area contributed by atoms with Gasteiger partial charge in [0.15, 0.2) is 0 Å².